The van der Waals surface area contributed by atoms with Gasteiger partial charge < -0.3 is 9.29 Å². The maximum Gasteiger partial charge on any atom is 0.485 e. The molecule has 0 unspecified atom stereocenters. The standard InChI is InChI=1S/C25H26NO2.CHF3O3S/c1-3-26(4-2)24(28-25(27)22-18-12-7-13-19-22)23(20-14-8-5-9-15-20)21-16-10-6-11-17-21;2-1(3,4)8(5,6)7/h5-19,23H,3-4H2,1-2H3;(H,5,6,7)/q+1;/p-1. The van der Waals surface area contributed by atoms with E-state index in [1.165, 1.54) is 0 Å². The number of esters is 1. The van der Waals surface area contributed by atoms with Gasteiger partial charge in [0.15, 0.2) is 10.1 Å². The van der Waals surface area contributed by atoms with E-state index >= 15 is 0 Å². The van der Waals surface area contributed by atoms with E-state index in [0.717, 1.165) is 24.2 Å². The van der Waals surface area contributed by atoms with Crippen molar-refractivity contribution >= 4 is 22.0 Å². The van der Waals surface area contributed by atoms with Crippen LogP contribution in [-0.2, 0) is 14.9 Å². The first-order valence-corrected chi connectivity index (χ1v) is 12.4. The number of nitrogens with zero attached hydrogens (tertiary/aromatic N) is 1. The number of ether oxygens (including phenoxy) is 1. The van der Waals surface area contributed by atoms with Gasteiger partial charge in [-0.1, -0.05) is 78.9 Å². The van der Waals surface area contributed by atoms with Crippen LogP contribution in [0, 0.1) is 0 Å². The molecule has 0 aliphatic heterocycles. The Bertz CT molecular complexity index is 1200. The number of alkyl halides is 3. The van der Waals surface area contributed by atoms with E-state index in [9.17, 15) is 18.0 Å². The Morgan fingerprint density at radius 1 is 0.833 bits per heavy atom. The number of hydrogen-bond donors (Lipinski definition) is 0. The van der Waals surface area contributed by atoms with Crippen molar-refractivity contribution in [1.82, 2.24) is 0 Å². The summed E-state index contributed by atoms with van der Waals surface area (Å²) in [5.74, 6) is 0.172. The Balaban J connectivity index is 0.000000493. The quantitative estimate of drug-likeness (QED) is 0.111. The van der Waals surface area contributed by atoms with Gasteiger partial charge in [0.25, 0.3) is 0 Å². The highest BCUT2D eigenvalue weighted by Crippen LogP contribution is 2.27. The summed E-state index contributed by atoms with van der Waals surface area (Å²) in [5, 5.41) is 0. The fourth-order valence-electron chi connectivity index (χ4n) is 3.34. The number of rotatable bonds is 6. The van der Waals surface area contributed by atoms with Gasteiger partial charge in [-0.15, -0.1) is 0 Å². The van der Waals surface area contributed by atoms with E-state index in [0.29, 0.717) is 11.5 Å². The normalized spacial score (nSPS) is 11.3. The average molecular weight is 522 g/mol. The Morgan fingerprint density at radius 3 is 1.53 bits per heavy atom. The minimum absolute atomic E-state index is 0.157. The Morgan fingerprint density at radius 2 is 1.19 bits per heavy atom. The molecule has 0 heterocycles. The van der Waals surface area contributed by atoms with Crippen LogP contribution in [0.5, 0.6) is 0 Å². The highest BCUT2D eigenvalue weighted by Gasteiger charge is 2.37. The molecule has 0 N–H and O–H groups in total. The summed E-state index contributed by atoms with van der Waals surface area (Å²) in [7, 11) is -6.09. The third-order valence-electron chi connectivity index (χ3n) is 5.08. The van der Waals surface area contributed by atoms with Crippen molar-refractivity contribution in [1.29, 1.82) is 0 Å². The molecule has 0 saturated heterocycles. The molecule has 0 aliphatic carbocycles. The Kier molecular flexibility index (Phi) is 10.4. The van der Waals surface area contributed by atoms with E-state index in [1.807, 2.05) is 54.6 Å². The van der Waals surface area contributed by atoms with E-state index in [1.54, 1.807) is 12.1 Å². The molecule has 3 rings (SSSR count). The Hall–Kier alpha value is -3.50. The first kappa shape index (κ1) is 28.7. The van der Waals surface area contributed by atoms with Crippen molar-refractivity contribution in [3.05, 3.63) is 108 Å². The van der Waals surface area contributed by atoms with Crippen LogP contribution in [0.4, 0.5) is 13.2 Å². The summed E-state index contributed by atoms with van der Waals surface area (Å²) in [6, 6.07) is 29.5. The van der Waals surface area contributed by atoms with Crippen LogP contribution in [0.25, 0.3) is 0 Å². The number of benzene rings is 3. The van der Waals surface area contributed by atoms with Crippen molar-refractivity contribution in [2.45, 2.75) is 25.3 Å². The number of carbonyl (C=O) groups excluding carboxylic acids is 1. The predicted molar refractivity (Wildman–Crippen MR) is 129 cm³/mol. The zero-order valence-electron chi connectivity index (χ0n) is 19.7. The van der Waals surface area contributed by atoms with E-state index in [2.05, 4.69) is 42.7 Å². The maximum absolute atomic E-state index is 12.9. The SMILES string of the molecule is CC[N+](CC)=C(OC(=O)c1ccccc1)C(c1ccccc1)c1ccccc1.O=S(=O)([O-])C(F)(F)F. The van der Waals surface area contributed by atoms with Gasteiger partial charge in [0.1, 0.15) is 19.0 Å². The summed E-state index contributed by atoms with van der Waals surface area (Å²) in [6.45, 7) is 5.66. The van der Waals surface area contributed by atoms with Gasteiger partial charge in [-0.2, -0.15) is 13.2 Å². The summed E-state index contributed by atoms with van der Waals surface area (Å²) in [6.07, 6.45) is 0. The highest BCUT2D eigenvalue weighted by atomic mass is 32.2. The minimum Gasteiger partial charge on any atom is -0.741 e. The zero-order chi connectivity index (χ0) is 26.8. The lowest BCUT2D eigenvalue weighted by Gasteiger charge is -2.19. The average Bonchev–Trinajstić information content (AvgIpc) is 2.86. The smallest absolute Gasteiger partial charge is 0.485 e. The minimum atomic E-state index is -6.09. The fraction of sp³-hybridized carbons (Fsp3) is 0.231. The van der Waals surface area contributed by atoms with Crippen molar-refractivity contribution in [3.8, 4) is 0 Å². The third-order valence-corrected chi connectivity index (χ3v) is 5.65. The zero-order valence-corrected chi connectivity index (χ0v) is 20.5. The molecule has 0 fully saturated rings. The summed E-state index contributed by atoms with van der Waals surface area (Å²) in [4.78, 5) is 12.9. The van der Waals surface area contributed by atoms with Crippen LogP contribution in [0.3, 0.4) is 0 Å². The number of hydrogen-bond acceptors (Lipinski definition) is 5. The fourth-order valence-corrected chi connectivity index (χ4v) is 3.34. The van der Waals surface area contributed by atoms with Gasteiger partial charge in [-0.3, -0.25) is 0 Å². The largest absolute Gasteiger partial charge is 0.741 e. The van der Waals surface area contributed by atoms with Crippen molar-refractivity contribution in [2.24, 2.45) is 0 Å². The first-order chi connectivity index (χ1) is 17.0. The molecular weight excluding hydrogens is 495 g/mol. The third kappa shape index (κ3) is 8.03. The second kappa shape index (κ2) is 13.0. The molecule has 0 atom stereocenters. The summed E-state index contributed by atoms with van der Waals surface area (Å²) in [5.41, 5.74) is -2.91. The molecule has 0 bridgehead atoms. The molecule has 0 aliphatic rings. The highest BCUT2D eigenvalue weighted by molar-refractivity contribution is 7.86. The lowest BCUT2D eigenvalue weighted by atomic mass is 9.90. The van der Waals surface area contributed by atoms with Gasteiger partial charge in [-0.25, -0.2) is 17.8 Å². The van der Waals surface area contributed by atoms with Gasteiger partial charge in [0.2, 0.25) is 0 Å². The second-order valence-corrected chi connectivity index (χ2v) is 8.79. The monoisotopic (exact) mass is 521 g/mol. The lowest BCUT2D eigenvalue weighted by Crippen LogP contribution is -2.32. The van der Waals surface area contributed by atoms with Crippen LogP contribution in [-0.4, -0.2) is 48.0 Å². The van der Waals surface area contributed by atoms with Gasteiger partial charge in [0.05, 0.1) is 5.56 Å². The molecule has 0 saturated carbocycles. The molecule has 0 radical (unpaired) electrons. The van der Waals surface area contributed by atoms with Gasteiger partial charge >= 0.3 is 17.4 Å². The van der Waals surface area contributed by atoms with Crippen molar-refractivity contribution in [2.75, 3.05) is 13.1 Å². The van der Waals surface area contributed by atoms with Gasteiger partial charge in [-0.05, 0) is 37.1 Å². The van der Waals surface area contributed by atoms with Crippen LogP contribution < -0.4 is 0 Å². The van der Waals surface area contributed by atoms with Crippen LogP contribution in [0.1, 0.15) is 41.3 Å². The molecular formula is C26H26F3NO5S. The number of halogens is 3. The van der Waals surface area contributed by atoms with Crippen molar-refractivity contribution in [3.63, 3.8) is 0 Å². The van der Waals surface area contributed by atoms with Crippen LogP contribution in [0.2, 0.25) is 0 Å². The molecule has 3 aromatic rings. The second-order valence-electron chi connectivity index (χ2n) is 7.42. The Labute approximate surface area is 208 Å². The summed E-state index contributed by atoms with van der Waals surface area (Å²) < 4.78 is 67.1. The van der Waals surface area contributed by atoms with Crippen LogP contribution >= 0.6 is 0 Å². The van der Waals surface area contributed by atoms with Gasteiger partial charge in [0, 0.05) is 0 Å². The van der Waals surface area contributed by atoms with Crippen molar-refractivity contribution < 1.29 is 40.2 Å². The molecule has 3 aromatic carbocycles. The maximum atomic E-state index is 12.9. The van der Waals surface area contributed by atoms with E-state index in [-0.39, 0.29) is 11.9 Å². The van der Waals surface area contributed by atoms with E-state index in [4.69, 9.17) is 17.7 Å². The predicted octanol–water partition coefficient (Wildman–Crippen LogP) is 5.18. The topological polar surface area (TPSA) is 86.5 Å². The molecule has 36 heavy (non-hydrogen) atoms. The molecule has 0 amide bonds. The first-order valence-electron chi connectivity index (χ1n) is 11.0. The number of carbonyl (C=O) groups is 1. The van der Waals surface area contributed by atoms with Crippen LogP contribution in [0.15, 0.2) is 91.0 Å². The summed E-state index contributed by atoms with van der Waals surface area (Å²) >= 11 is 0. The molecule has 0 spiro atoms. The molecule has 6 nitrogen and oxygen atoms in total. The van der Waals surface area contributed by atoms with E-state index < -0.39 is 15.6 Å². The molecule has 10 heteroatoms. The lowest BCUT2D eigenvalue weighted by molar-refractivity contribution is -0.529. The molecule has 192 valence electrons. The molecule has 0 aromatic heterocycles.